The zero-order chi connectivity index (χ0) is 14.0. The number of hydrogen-bond acceptors (Lipinski definition) is 3. The van der Waals surface area contributed by atoms with Gasteiger partial charge in [-0.2, -0.15) is 0 Å². The number of nitrogens with two attached hydrogens (primary N) is 1. The third-order valence-corrected chi connectivity index (χ3v) is 3.78. The lowest BCUT2D eigenvalue weighted by molar-refractivity contribution is -0.120. The van der Waals surface area contributed by atoms with E-state index in [-0.39, 0.29) is 11.9 Å². The molecular weight excluding hydrogens is 238 g/mol. The molecule has 0 aromatic heterocycles. The van der Waals surface area contributed by atoms with Crippen LogP contribution in [0.1, 0.15) is 32.3 Å². The predicted molar refractivity (Wildman–Crippen MR) is 79.1 cm³/mol. The Bertz CT molecular complexity index is 468. The van der Waals surface area contributed by atoms with Gasteiger partial charge in [0.2, 0.25) is 5.91 Å². The molecule has 1 aliphatic carbocycles. The van der Waals surface area contributed by atoms with Gasteiger partial charge in [0.15, 0.2) is 0 Å². The number of anilines is 2. The van der Waals surface area contributed by atoms with E-state index in [1.54, 1.807) is 0 Å². The van der Waals surface area contributed by atoms with E-state index in [0.717, 1.165) is 17.8 Å². The Morgan fingerprint density at radius 3 is 2.79 bits per heavy atom. The molecule has 1 aromatic rings. The highest BCUT2D eigenvalue weighted by Crippen LogP contribution is 2.28. The number of nitrogen functional groups attached to an aromatic ring is 1. The minimum Gasteiger partial charge on any atom is -0.399 e. The smallest absolute Gasteiger partial charge is 0.241 e. The lowest BCUT2D eigenvalue weighted by Crippen LogP contribution is -2.43. The monoisotopic (exact) mass is 261 g/mol. The Morgan fingerprint density at radius 2 is 2.21 bits per heavy atom. The van der Waals surface area contributed by atoms with Gasteiger partial charge in [-0.1, -0.05) is 13.0 Å². The Hall–Kier alpha value is -1.55. The molecule has 1 unspecified atom stereocenters. The van der Waals surface area contributed by atoms with E-state index in [1.807, 2.05) is 32.0 Å². The lowest BCUT2D eigenvalue weighted by atomic mass is 10.1. The van der Waals surface area contributed by atoms with E-state index in [0.29, 0.717) is 11.7 Å². The first-order chi connectivity index (χ1) is 9.02. The van der Waals surface area contributed by atoms with Crippen LogP contribution in [0.25, 0.3) is 0 Å². The Labute approximate surface area is 115 Å². The summed E-state index contributed by atoms with van der Waals surface area (Å²) >= 11 is 0. The molecule has 4 nitrogen and oxygen atoms in total. The molecule has 0 bridgehead atoms. The number of amides is 1. The van der Waals surface area contributed by atoms with Crippen molar-refractivity contribution in [1.82, 2.24) is 4.90 Å². The molecule has 0 saturated heterocycles. The van der Waals surface area contributed by atoms with Crippen LogP contribution in [0, 0.1) is 6.92 Å². The largest absolute Gasteiger partial charge is 0.399 e. The molecule has 3 N–H and O–H groups in total. The normalized spacial score (nSPS) is 16.4. The highest BCUT2D eigenvalue weighted by Gasteiger charge is 2.33. The standard InChI is InChI=1S/C15H23N3O/c1-4-18(13-7-8-13)11(3)15(19)17-14-9-12(16)6-5-10(14)2/h5-6,9,11,13H,4,7-8,16H2,1-3H3,(H,17,19). The number of carbonyl (C=O) groups excluding carboxylic acids is 1. The third kappa shape index (κ3) is 3.26. The van der Waals surface area contributed by atoms with Crippen LogP contribution >= 0.6 is 0 Å². The molecule has 1 aromatic carbocycles. The van der Waals surface area contributed by atoms with Crippen LogP contribution in [0.15, 0.2) is 18.2 Å². The molecular formula is C15H23N3O. The summed E-state index contributed by atoms with van der Waals surface area (Å²) in [5, 5.41) is 2.99. The Balaban J connectivity index is 2.05. The molecule has 104 valence electrons. The van der Waals surface area contributed by atoms with Gasteiger partial charge in [-0.05, 0) is 50.9 Å². The molecule has 1 fully saturated rings. The highest BCUT2D eigenvalue weighted by molar-refractivity contribution is 5.95. The quantitative estimate of drug-likeness (QED) is 0.800. The molecule has 2 rings (SSSR count). The van der Waals surface area contributed by atoms with Gasteiger partial charge in [-0.15, -0.1) is 0 Å². The SMILES string of the molecule is CCN(C1CC1)C(C)C(=O)Nc1cc(N)ccc1C. The van der Waals surface area contributed by atoms with Gasteiger partial charge in [-0.3, -0.25) is 9.69 Å². The van der Waals surface area contributed by atoms with Crippen molar-refractivity contribution < 1.29 is 4.79 Å². The van der Waals surface area contributed by atoms with E-state index in [4.69, 9.17) is 5.73 Å². The number of nitrogens with zero attached hydrogens (tertiary/aromatic N) is 1. The summed E-state index contributed by atoms with van der Waals surface area (Å²) < 4.78 is 0. The second kappa shape index (κ2) is 5.61. The first kappa shape index (κ1) is 13.9. The van der Waals surface area contributed by atoms with Gasteiger partial charge < -0.3 is 11.1 Å². The van der Waals surface area contributed by atoms with Crippen molar-refractivity contribution in [2.24, 2.45) is 0 Å². The summed E-state index contributed by atoms with van der Waals surface area (Å²) in [6.45, 7) is 6.96. The summed E-state index contributed by atoms with van der Waals surface area (Å²) in [6.07, 6.45) is 2.42. The van der Waals surface area contributed by atoms with Gasteiger partial charge in [0, 0.05) is 17.4 Å². The number of likely N-dealkylation sites (N-methyl/N-ethyl adjacent to an activating group) is 1. The van der Waals surface area contributed by atoms with Gasteiger partial charge >= 0.3 is 0 Å². The Morgan fingerprint density at radius 1 is 1.53 bits per heavy atom. The second-order valence-corrected chi connectivity index (χ2v) is 5.30. The van der Waals surface area contributed by atoms with Crippen LogP contribution in [-0.4, -0.2) is 29.4 Å². The zero-order valence-electron chi connectivity index (χ0n) is 11.9. The van der Waals surface area contributed by atoms with Crippen molar-refractivity contribution >= 4 is 17.3 Å². The van der Waals surface area contributed by atoms with Gasteiger partial charge in [0.05, 0.1) is 6.04 Å². The van der Waals surface area contributed by atoms with Crippen LogP contribution in [0.5, 0.6) is 0 Å². The number of rotatable bonds is 5. The topological polar surface area (TPSA) is 58.4 Å². The van der Waals surface area contributed by atoms with Crippen molar-refractivity contribution in [1.29, 1.82) is 0 Å². The highest BCUT2D eigenvalue weighted by atomic mass is 16.2. The summed E-state index contributed by atoms with van der Waals surface area (Å²) in [5.74, 6) is 0.0439. The van der Waals surface area contributed by atoms with E-state index in [9.17, 15) is 4.79 Å². The van der Waals surface area contributed by atoms with Crippen molar-refractivity contribution in [3.05, 3.63) is 23.8 Å². The molecule has 0 aliphatic heterocycles. The van der Waals surface area contributed by atoms with E-state index in [1.165, 1.54) is 12.8 Å². The van der Waals surface area contributed by atoms with Crippen molar-refractivity contribution in [2.45, 2.75) is 45.7 Å². The number of hydrogen-bond donors (Lipinski definition) is 2. The average molecular weight is 261 g/mol. The van der Waals surface area contributed by atoms with E-state index in [2.05, 4.69) is 17.1 Å². The first-order valence-electron chi connectivity index (χ1n) is 6.95. The molecule has 0 heterocycles. The summed E-state index contributed by atoms with van der Waals surface area (Å²) in [4.78, 5) is 14.6. The van der Waals surface area contributed by atoms with Gasteiger partial charge in [-0.25, -0.2) is 0 Å². The number of nitrogens with one attached hydrogen (secondary N) is 1. The Kier molecular flexibility index (Phi) is 4.10. The maximum Gasteiger partial charge on any atom is 0.241 e. The number of carbonyl (C=O) groups is 1. The minimum absolute atomic E-state index is 0.0439. The fourth-order valence-electron chi connectivity index (χ4n) is 2.42. The molecule has 4 heteroatoms. The maximum absolute atomic E-state index is 12.3. The molecule has 1 aliphatic rings. The minimum atomic E-state index is -0.0988. The lowest BCUT2D eigenvalue weighted by Gasteiger charge is -2.27. The average Bonchev–Trinajstić information content (AvgIpc) is 3.19. The maximum atomic E-state index is 12.3. The zero-order valence-corrected chi connectivity index (χ0v) is 11.9. The fourth-order valence-corrected chi connectivity index (χ4v) is 2.42. The summed E-state index contributed by atoms with van der Waals surface area (Å²) in [5.41, 5.74) is 8.27. The molecule has 1 amide bonds. The fraction of sp³-hybridized carbons (Fsp3) is 0.533. The predicted octanol–water partition coefficient (Wildman–Crippen LogP) is 2.39. The number of aryl methyl sites for hydroxylation is 1. The van der Waals surface area contributed by atoms with Crippen LogP contribution < -0.4 is 11.1 Å². The molecule has 0 radical (unpaired) electrons. The van der Waals surface area contributed by atoms with Gasteiger partial charge in [0.1, 0.15) is 0 Å². The third-order valence-electron chi connectivity index (χ3n) is 3.78. The molecule has 1 saturated carbocycles. The van der Waals surface area contributed by atoms with Crippen molar-refractivity contribution in [3.63, 3.8) is 0 Å². The molecule has 0 spiro atoms. The van der Waals surface area contributed by atoms with E-state index < -0.39 is 0 Å². The van der Waals surface area contributed by atoms with Crippen LogP contribution in [0.4, 0.5) is 11.4 Å². The molecule has 19 heavy (non-hydrogen) atoms. The van der Waals surface area contributed by atoms with Crippen molar-refractivity contribution in [2.75, 3.05) is 17.6 Å². The van der Waals surface area contributed by atoms with Crippen molar-refractivity contribution in [3.8, 4) is 0 Å². The second-order valence-electron chi connectivity index (χ2n) is 5.30. The summed E-state index contributed by atoms with van der Waals surface area (Å²) in [7, 11) is 0. The van der Waals surface area contributed by atoms with E-state index >= 15 is 0 Å². The van der Waals surface area contributed by atoms with Gasteiger partial charge in [0.25, 0.3) is 0 Å². The molecule has 1 atom stereocenters. The summed E-state index contributed by atoms with van der Waals surface area (Å²) in [6, 6.07) is 6.07. The first-order valence-corrected chi connectivity index (χ1v) is 6.95. The van der Waals surface area contributed by atoms with Crippen LogP contribution in [-0.2, 0) is 4.79 Å². The van der Waals surface area contributed by atoms with Crippen LogP contribution in [0.2, 0.25) is 0 Å². The number of benzene rings is 1. The van der Waals surface area contributed by atoms with Crippen LogP contribution in [0.3, 0.4) is 0 Å².